The number of aliphatic hydroxyl groups excluding tert-OH is 1. The molecular formula is C22H16ClN5O3S. The predicted octanol–water partition coefficient (Wildman–Crippen LogP) is 5.66. The number of hydrogen-bond acceptors (Lipinski definition) is 6. The van der Waals surface area contributed by atoms with Gasteiger partial charge in [-0.1, -0.05) is 23.7 Å². The Labute approximate surface area is 192 Å². The molecule has 0 fully saturated rings. The summed E-state index contributed by atoms with van der Waals surface area (Å²) >= 11 is 7.31. The van der Waals surface area contributed by atoms with E-state index >= 15 is 0 Å². The second-order valence-corrected chi connectivity index (χ2v) is 8.03. The standard InChI is InChI=1S/C22H16ClN5O3S/c1-24-17-16(18(29)12-3-5-14(23)6-4-12)20(21-26-9-10-27-21)32-19(17)13-7-8-25-15(11-13)28-22(30)31-2/h3-11,18,29H,2H3,(H,26,27)(H,25,28,30). The van der Waals surface area contributed by atoms with Crippen LogP contribution in [0, 0.1) is 6.57 Å². The number of hydrogen-bond donors (Lipinski definition) is 3. The number of methoxy groups -OCH3 is 1. The number of aromatic amines is 1. The summed E-state index contributed by atoms with van der Waals surface area (Å²) in [5.74, 6) is 0.814. The fraction of sp³-hybridized carbons (Fsp3) is 0.0909. The van der Waals surface area contributed by atoms with E-state index < -0.39 is 12.2 Å². The number of pyridine rings is 1. The van der Waals surface area contributed by atoms with Gasteiger partial charge in [0.2, 0.25) is 5.69 Å². The molecule has 32 heavy (non-hydrogen) atoms. The van der Waals surface area contributed by atoms with Gasteiger partial charge in [0, 0.05) is 34.1 Å². The van der Waals surface area contributed by atoms with Crippen LogP contribution in [0.25, 0.3) is 26.0 Å². The second kappa shape index (κ2) is 9.20. The maximum atomic E-state index is 11.6. The molecule has 0 saturated carbocycles. The van der Waals surface area contributed by atoms with E-state index in [9.17, 15) is 9.90 Å². The van der Waals surface area contributed by atoms with Crippen LogP contribution in [0.3, 0.4) is 0 Å². The van der Waals surface area contributed by atoms with Gasteiger partial charge in [0.25, 0.3) is 0 Å². The van der Waals surface area contributed by atoms with Crippen LogP contribution in [0.5, 0.6) is 0 Å². The highest BCUT2D eigenvalue weighted by atomic mass is 35.5. The SMILES string of the molecule is [C-]#[N+]c1c(-c2ccnc(NC(=O)OC)c2)sc(-c2ncc[nH]2)c1C(O)c1ccc(Cl)cc1. The van der Waals surface area contributed by atoms with Crippen LogP contribution >= 0.6 is 22.9 Å². The van der Waals surface area contributed by atoms with Crippen LogP contribution in [0.4, 0.5) is 16.3 Å². The fourth-order valence-corrected chi connectivity index (χ4v) is 4.52. The van der Waals surface area contributed by atoms with Gasteiger partial charge in [-0.2, -0.15) is 0 Å². The number of nitrogens with zero attached hydrogens (tertiary/aromatic N) is 3. The van der Waals surface area contributed by atoms with Gasteiger partial charge in [-0.3, -0.25) is 5.32 Å². The van der Waals surface area contributed by atoms with Crippen molar-refractivity contribution in [1.82, 2.24) is 15.0 Å². The first kappa shape index (κ1) is 21.5. The average Bonchev–Trinajstić information content (AvgIpc) is 3.47. The molecule has 0 aliphatic heterocycles. The summed E-state index contributed by atoms with van der Waals surface area (Å²) in [6, 6.07) is 10.2. The Hall–Kier alpha value is -3.71. The number of halogens is 1. The third-order valence-corrected chi connectivity index (χ3v) is 6.14. The molecule has 3 N–H and O–H groups in total. The predicted molar refractivity (Wildman–Crippen MR) is 123 cm³/mol. The van der Waals surface area contributed by atoms with Gasteiger partial charge in [0.1, 0.15) is 11.6 Å². The normalized spacial score (nSPS) is 11.6. The number of ether oxygens (including phenoxy) is 1. The third-order valence-electron chi connectivity index (χ3n) is 4.64. The molecule has 8 nitrogen and oxygen atoms in total. The lowest BCUT2D eigenvalue weighted by Crippen LogP contribution is -2.11. The van der Waals surface area contributed by atoms with E-state index in [0.29, 0.717) is 43.0 Å². The Bertz CT molecular complexity index is 1300. The molecule has 0 saturated heterocycles. The highest BCUT2D eigenvalue weighted by Gasteiger charge is 2.28. The monoisotopic (exact) mass is 465 g/mol. The van der Waals surface area contributed by atoms with Crippen molar-refractivity contribution in [1.29, 1.82) is 0 Å². The molecule has 3 aromatic heterocycles. The number of thiophene rings is 1. The minimum absolute atomic E-state index is 0.276. The molecule has 0 bridgehead atoms. The molecule has 0 aliphatic rings. The number of aliphatic hydroxyl groups is 1. The number of nitrogens with one attached hydrogen (secondary N) is 2. The van der Waals surface area contributed by atoms with E-state index in [4.69, 9.17) is 18.2 Å². The Morgan fingerprint density at radius 3 is 2.69 bits per heavy atom. The molecule has 1 aromatic carbocycles. The number of anilines is 1. The van der Waals surface area contributed by atoms with Gasteiger partial charge in [0.05, 0.1) is 24.7 Å². The molecule has 10 heteroatoms. The first-order chi connectivity index (χ1) is 15.5. The highest BCUT2D eigenvalue weighted by molar-refractivity contribution is 7.19. The van der Waals surface area contributed by atoms with Crippen molar-refractivity contribution in [2.24, 2.45) is 0 Å². The lowest BCUT2D eigenvalue weighted by Gasteiger charge is -2.13. The van der Waals surface area contributed by atoms with E-state index in [1.807, 2.05) is 0 Å². The van der Waals surface area contributed by atoms with E-state index in [1.54, 1.807) is 48.8 Å². The first-order valence-corrected chi connectivity index (χ1v) is 10.5. The van der Waals surface area contributed by atoms with Crippen molar-refractivity contribution in [2.75, 3.05) is 12.4 Å². The zero-order valence-corrected chi connectivity index (χ0v) is 18.2. The summed E-state index contributed by atoms with van der Waals surface area (Å²) in [5, 5.41) is 14.3. The quantitative estimate of drug-likeness (QED) is 0.330. The molecule has 0 radical (unpaired) electrons. The second-order valence-electron chi connectivity index (χ2n) is 6.57. The van der Waals surface area contributed by atoms with Gasteiger partial charge < -0.3 is 14.8 Å². The maximum Gasteiger partial charge on any atom is 0.412 e. The number of carbonyl (C=O) groups excluding carboxylic acids is 1. The number of amides is 1. The van der Waals surface area contributed by atoms with Crippen molar-refractivity contribution in [3.05, 3.63) is 82.6 Å². The fourth-order valence-electron chi connectivity index (χ4n) is 3.17. The summed E-state index contributed by atoms with van der Waals surface area (Å²) in [4.78, 5) is 28.0. The van der Waals surface area contributed by atoms with Crippen LogP contribution in [-0.4, -0.2) is 33.3 Å². The smallest absolute Gasteiger partial charge is 0.412 e. The summed E-state index contributed by atoms with van der Waals surface area (Å²) < 4.78 is 4.61. The van der Waals surface area contributed by atoms with Crippen molar-refractivity contribution in [2.45, 2.75) is 6.10 Å². The molecule has 1 atom stereocenters. The summed E-state index contributed by atoms with van der Waals surface area (Å²) in [6.07, 6.45) is 3.08. The van der Waals surface area contributed by atoms with E-state index in [1.165, 1.54) is 24.6 Å². The van der Waals surface area contributed by atoms with Gasteiger partial charge in [-0.25, -0.2) is 19.6 Å². The average molecular weight is 466 g/mol. The molecule has 3 heterocycles. The summed E-state index contributed by atoms with van der Waals surface area (Å²) in [6.45, 7) is 7.86. The topological polar surface area (TPSA) is 104 Å². The van der Waals surface area contributed by atoms with E-state index in [2.05, 4.69) is 29.9 Å². The Balaban J connectivity index is 1.88. The summed E-state index contributed by atoms with van der Waals surface area (Å²) in [7, 11) is 1.26. The van der Waals surface area contributed by atoms with Crippen LogP contribution in [0.1, 0.15) is 17.2 Å². The van der Waals surface area contributed by atoms with Crippen LogP contribution < -0.4 is 5.32 Å². The molecule has 1 unspecified atom stereocenters. The van der Waals surface area contributed by atoms with Crippen molar-refractivity contribution >= 4 is 40.5 Å². The third kappa shape index (κ3) is 4.20. The zero-order chi connectivity index (χ0) is 22.7. The molecule has 0 aliphatic carbocycles. The molecule has 160 valence electrons. The molecular weight excluding hydrogens is 450 g/mol. The number of benzene rings is 1. The maximum absolute atomic E-state index is 11.6. The largest absolute Gasteiger partial charge is 0.453 e. The highest BCUT2D eigenvalue weighted by Crippen LogP contribution is 2.50. The molecule has 0 spiro atoms. The Morgan fingerprint density at radius 2 is 2.03 bits per heavy atom. The number of rotatable bonds is 5. The number of imidazole rings is 1. The van der Waals surface area contributed by atoms with Crippen LogP contribution in [0.2, 0.25) is 5.02 Å². The van der Waals surface area contributed by atoms with E-state index in [-0.39, 0.29) is 5.82 Å². The minimum atomic E-state index is -1.07. The van der Waals surface area contributed by atoms with E-state index in [0.717, 1.165) is 0 Å². The van der Waals surface area contributed by atoms with Gasteiger partial charge in [-0.05, 0) is 35.4 Å². The van der Waals surface area contributed by atoms with Gasteiger partial charge in [0.15, 0.2) is 0 Å². The summed E-state index contributed by atoms with van der Waals surface area (Å²) in [5.41, 5.74) is 1.99. The first-order valence-electron chi connectivity index (χ1n) is 9.30. The number of aromatic nitrogens is 3. The van der Waals surface area contributed by atoms with Crippen LogP contribution in [-0.2, 0) is 4.74 Å². The number of H-pyrrole nitrogens is 1. The van der Waals surface area contributed by atoms with Crippen molar-refractivity contribution < 1.29 is 14.6 Å². The van der Waals surface area contributed by atoms with Crippen molar-refractivity contribution in [3.8, 4) is 21.1 Å². The van der Waals surface area contributed by atoms with Gasteiger partial charge in [-0.15, -0.1) is 11.3 Å². The minimum Gasteiger partial charge on any atom is -0.453 e. The lowest BCUT2D eigenvalue weighted by molar-refractivity contribution is 0.187. The Kier molecular flexibility index (Phi) is 6.18. The zero-order valence-electron chi connectivity index (χ0n) is 16.7. The Morgan fingerprint density at radius 1 is 1.25 bits per heavy atom. The number of carbonyl (C=O) groups is 1. The molecule has 4 rings (SSSR count). The van der Waals surface area contributed by atoms with Gasteiger partial charge >= 0.3 is 6.09 Å². The van der Waals surface area contributed by atoms with Crippen molar-refractivity contribution in [3.63, 3.8) is 0 Å². The molecule has 4 aromatic rings. The van der Waals surface area contributed by atoms with Crippen LogP contribution in [0.15, 0.2) is 55.0 Å². The lowest BCUT2D eigenvalue weighted by atomic mass is 9.99. The molecule has 1 amide bonds.